The first-order chi connectivity index (χ1) is 6.45. The summed E-state index contributed by atoms with van der Waals surface area (Å²) in [6.45, 7) is -1.58. The van der Waals surface area contributed by atoms with Gasteiger partial charge >= 0.3 is 0 Å². The Morgan fingerprint density at radius 2 is 0.857 bits per heavy atom. The van der Waals surface area contributed by atoms with Gasteiger partial charge < -0.3 is 35.7 Å². The first-order valence-electron chi connectivity index (χ1n) is 4.07. The highest BCUT2D eigenvalue weighted by Gasteiger charge is 2.33. The number of rotatable bonds is 6. The van der Waals surface area contributed by atoms with Crippen LogP contribution in [0.2, 0.25) is 0 Å². The molecule has 7 N–H and O–H groups in total. The Morgan fingerprint density at radius 3 is 1.07 bits per heavy atom. The van der Waals surface area contributed by atoms with Crippen LogP contribution < -0.4 is 0 Å². The molecule has 1 unspecified atom stereocenters. The van der Waals surface area contributed by atoms with E-state index in [1.54, 1.807) is 0 Å². The Morgan fingerprint density at radius 1 is 0.571 bits per heavy atom. The van der Waals surface area contributed by atoms with E-state index < -0.39 is 43.7 Å². The highest BCUT2D eigenvalue weighted by atomic mass is 16.4. The normalized spacial score (nSPS) is 22.5. The van der Waals surface area contributed by atoms with E-state index in [0.29, 0.717) is 0 Å². The van der Waals surface area contributed by atoms with Gasteiger partial charge in [-0.15, -0.1) is 0 Å². The van der Waals surface area contributed by atoms with E-state index in [9.17, 15) is 0 Å². The lowest BCUT2D eigenvalue weighted by atomic mass is 10.00. The molecular formula is C7H16O7. The SMILES string of the molecule is OCC(O)[C@@H](O)[C@H](O)[C@@H](O)[C@H](O)CO. The van der Waals surface area contributed by atoms with Crippen LogP contribution in [0.3, 0.4) is 0 Å². The van der Waals surface area contributed by atoms with Crippen LogP contribution in [0.5, 0.6) is 0 Å². The molecule has 0 aliphatic rings. The predicted molar refractivity (Wildman–Crippen MR) is 44.2 cm³/mol. The third kappa shape index (κ3) is 3.46. The van der Waals surface area contributed by atoms with Gasteiger partial charge in [-0.3, -0.25) is 0 Å². The van der Waals surface area contributed by atoms with Gasteiger partial charge in [0.15, 0.2) is 0 Å². The van der Waals surface area contributed by atoms with Gasteiger partial charge in [0.1, 0.15) is 30.5 Å². The van der Waals surface area contributed by atoms with Crippen LogP contribution in [-0.4, -0.2) is 79.5 Å². The van der Waals surface area contributed by atoms with Crippen molar-refractivity contribution < 1.29 is 35.7 Å². The largest absolute Gasteiger partial charge is 0.394 e. The quantitative estimate of drug-likeness (QED) is 0.236. The second-order valence-corrected chi connectivity index (χ2v) is 2.97. The lowest BCUT2D eigenvalue weighted by Crippen LogP contribution is -2.50. The third-order valence-electron chi connectivity index (χ3n) is 1.86. The summed E-state index contributed by atoms with van der Waals surface area (Å²) in [5.74, 6) is 0. The summed E-state index contributed by atoms with van der Waals surface area (Å²) >= 11 is 0. The van der Waals surface area contributed by atoms with Gasteiger partial charge in [0.25, 0.3) is 0 Å². The Labute approximate surface area is 80.5 Å². The number of hydrogen-bond donors (Lipinski definition) is 7. The van der Waals surface area contributed by atoms with Crippen LogP contribution >= 0.6 is 0 Å². The van der Waals surface area contributed by atoms with Gasteiger partial charge in [-0.25, -0.2) is 0 Å². The molecule has 0 radical (unpaired) electrons. The van der Waals surface area contributed by atoms with E-state index in [4.69, 9.17) is 35.7 Å². The Kier molecular flexibility index (Phi) is 6.12. The average molecular weight is 212 g/mol. The minimum Gasteiger partial charge on any atom is -0.394 e. The molecule has 0 fully saturated rings. The zero-order valence-electron chi connectivity index (χ0n) is 7.43. The van der Waals surface area contributed by atoms with Crippen molar-refractivity contribution in [1.82, 2.24) is 0 Å². The summed E-state index contributed by atoms with van der Waals surface area (Å²) < 4.78 is 0. The van der Waals surface area contributed by atoms with Gasteiger partial charge in [-0.2, -0.15) is 0 Å². The summed E-state index contributed by atoms with van der Waals surface area (Å²) in [5.41, 5.74) is 0. The summed E-state index contributed by atoms with van der Waals surface area (Å²) in [5, 5.41) is 61.9. The van der Waals surface area contributed by atoms with Gasteiger partial charge in [0, 0.05) is 0 Å². The maximum atomic E-state index is 9.15. The molecular weight excluding hydrogens is 196 g/mol. The molecule has 0 aliphatic carbocycles. The Hall–Kier alpha value is -0.280. The maximum Gasteiger partial charge on any atom is 0.111 e. The maximum absolute atomic E-state index is 9.15. The zero-order chi connectivity index (χ0) is 11.3. The van der Waals surface area contributed by atoms with Crippen molar-refractivity contribution in [2.24, 2.45) is 0 Å². The van der Waals surface area contributed by atoms with Crippen molar-refractivity contribution in [3.05, 3.63) is 0 Å². The van der Waals surface area contributed by atoms with Crippen LogP contribution in [0.15, 0.2) is 0 Å². The molecule has 5 atom stereocenters. The highest BCUT2D eigenvalue weighted by Crippen LogP contribution is 2.07. The monoisotopic (exact) mass is 212 g/mol. The van der Waals surface area contributed by atoms with E-state index >= 15 is 0 Å². The Balaban J connectivity index is 4.22. The van der Waals surface area contributed by atoms with Gasteiger partial charge in [0.2, 0.25) is 0 Å². The average Bonchev–Trinajstić information content (AvgIpc) is 2.23. The van der Waals surface area contributed by atoms with Gasteiger partial charge in [0.05, 0.1) is 13.2 Å². The molecule has 0 aromatic heterocycles. The molecule has 0 amide bonds. The number of aliphatic hydroxyl groups excluding tert-OH is 7. The van der Waals surface area contributed by atoms with Crippen molar-refractivity contribution in [3.8, 4) is 0 Å². The van der Waals surface area contributed by atoms with Crippen LogP contribution in [0.1, 0.15) is 0 Å². The van der Waals surface area contributed by atoms with Crippen LogP contribution in [-0.2, 0) is 0 Å². The Bertz CT molecular complexity index is 137. The minimum absolute atomic E-state index is 0.792. The molecule has 0 saturated carbocycles. The van der Waals surface area contributed by atoms with Gasteiger partial charge in [-0.05, 0) is 0 Å². The molecule has 0 saturated heterocycles. The molecule has 7 heteroatoms. The molecule has 0 spiro atoms. The molecule has 0 bridgehead atoms. The van der Waals surface area contributed by atoms with Crippen molar-refractivity contribution >= 4 is 0 Å². The lowest BCUT2D eigenvalue weighted by molar-refractivity contribution is -0.145. The van der Waals surface area contributed by atoms with Crippen molar-refractivity contribution in [3.63, 3.8) is 0 Å². The summed E-state index contributed by atoms with van der Waals surface area (Å²) in [4.78, 5) is 0. The fourth-order valence-corrected chi connectivity index (χ4v) is 0.873. The first-order valence-corrected chi connectivity index (χ1v) is 4.07. The van der Waals surface area contributed by atoms with Crippen molar-refractivity contribution in [2.45, 2.75) is 30.5 Å². The fourth-order valence-electron chi connectivity index (χ4n) is 0.873. The standard InChI is InChI=1S/C7H16O7/c8-1-3(10)5(12)7(14)6(13)4(11)2-9/h3-14H,1-2H2/t3-,4?,5+,6-,7-/m1/s1. The van der Waals surface area contributed by atoms with Crippen LogP contribution in [0, 0.1) is 0 Å². The van der Waals surface area contributed by atoms with Crippen LogP contribution in [0.25, 0.3) is 0 Å². The fraction of sp³-hybridized carbons (Fsp3) is 1.00. The van der Waals surface area contributed by atoms with Gasteiger partial charge in [-0.1, -0.05) is 0 Å². The molecule has 0 aromatic carbocycles. The van der Waals surface area contributed by atoms with E-state index in [1.165, 1.54) is 0 Å². The second-order valence-electron chi connectivity index (χ2n) is 2.97. The molecule has 0 rings (SSSR count). The smallest absolute Gasteiger partial charge is 0.111 e. The van der Waals surface area contributed by atoms with Crippen molar-refractivity contribution in [1.29, 1.82) is 0 Å². The third-order valence-corrected chi connectivity index (χ3v) is 1.86. The lowest BCUT2D eigenvalue weighted by Gasteiger charge is -2.27. The molecule has 0 aliphatic heterocycles. The van der Waals surface area contributed by atoms with E-state index in [0.717, 1.165) is 0 Å². The molecule has 0 heterocycles. The predicted octanol–water partition coefficient (Wildman–Crippen LogP) is -4.22. The topological polar surface area (TPSA) is 142 Å². The van der Waals surface area contributed by atoms with Crippen LogP contribution in [0.4, 0.5) is 0 Å². The highest BCUT2D eigenvalue weighted by molar-refractivity contribution is 4.84. The second kappa shape index (κ2) is 6.25. The summed E-state index contributed by atoms with van der Waals surface area (Å²) in [6.07, 6.45) is -8.68. The summed E-state index contributed by atoms with van der Waals surface area (Å²) in [7, 11) is 0. The molecule has 7 nitrogen and oxygen atoms in total. The summed E-state index contributed by atoms with van der Waals surface area (Å²) in [6, 6.07) is 0. The molecule has 86 valence electrons. The van der Waals surface area contributed by atoms with E-state index in [2.05, 4.69) is 0 Å². The molecule has 14 heavy (non-hydrogen) atoms. The van der Waals surface area contributed by atoms with E-state index in [-0.39, 0.29) is 0 Å². The molecule has 0 aromatic rings. The number of aliphatic hydroxyl groups is 7. The minimum atomic E-state index is -1.85. The first kappa shape index (κ1) is 13.7. The number of hydrogen-bond acceptors (Lipinski definition) is 7. The van der Waals surface area contributed by atoms with Crippen molar-refractivity contribution in [2.75, 3.05) is 13.2 Å². The zero-order valence-corrected chi connectivity index (χ0v) is 7.43. The van der Waals surface area contributed by atoms with E-state index in [1.807, 2.05) is 0 Å².